The Bertz CT molecular complexity index is 355. The highest BCUT2D eigenvalue weighted by Crippen LogP contribution is 2.34. The summed E-state index contributed by atoms with van der Waals surface area (Å²) in [5, 5.41) is 9.31. The van der Waals surface area contributed by atoms with Crippen molar-refractivity contribution in [1.29, 1.82) is 0 Å². The SMILES string of the molecule is O=C1CCCC1C(=O)C(C(=O)O)C1CCCCC1. The minimum atomic E-state index is -1.04. The number of hydrogen-bond donors (Lipinski definition) is 1. The fourth-order valence-corrected chi connectivity index (χ4v) is 3.36. The first-order valence-corrected chi connectivity index (χ1v) is 6.90. The molecule has 2 rings (SSSR count). The van der Waals surface area contributed by atoms with Gasteiger partial charge in [-0.1, -0.05) is 19.3 Å². The van der Waals surface area contributed by atoms with Crippen molar-refractivity contribution in [3.05, 3.63) is 0 Å². The first kappa shape index (κ1) is 13.2. The maximum absolute atomic E-state index is 12.3. The fraction of sp³-hybridized carbons (Fsp3) is 0.786. The quantitative estimate of drug-likeness (QED) is 0.779. The lowest BCUT2D eigenvalue weighted by molar-refractivity contribution is -0.151. The third-order valence-electron chi connectivity index (χ3n) is 4.34. The fourth-order valence-electron chi connectivity index (χ4n) is 3.36. The van der Waals surface area contributed by atoms with Crippen LogP contribution in [0.4, 0.5) is 0 Å². The lowest BCUT2D eigenvalue weighted by atomic mass is 9.75. The summed E-state index contributed by atoms with van der Waals surface area (Å²) in [5.41, 5.74) is 0. The van der Waals surface area contributed by atoms with E-state index < -0.39 is 17.8 Å². The highest BCUT2D eigenvalue weighted by atomic mass is 16.4. The Hall–Kier alpha value is -1.19. The molecule has 0 saturated heterocycles. The third-order valence-corrected chi connectivity index (χ3v) is 4.34. The van der Waals surface area contributed by atoms with E-state index in [1.54, 1.807) is 0 Å². The molecule has 0 aliphatic heterocycles. The number of rotatable bonds is 4. The van der Waals surface area contributed by atoms with Crippen molar-refractivity contribution >= 4 is 17.5 Å². The Labute approximate surface area is 107 Å². The van der Waals surface area contributed by atoms with Crippen LogP contribution in [-0.2, 0) is 14.4 Å². The smallest absolute Gasteiger partial charge is 0.314 e. The van der Waals surface area contributed by atoms with Crippen molar-refractivity contribution in [1.82, 2.24) is 0 Å². The molecule has 2 unspecified atom stereocenters. The molecule has 2 atom stereocenters. The summed E-state index contributed by atoms with van der Waals surface area (Å²) in [5.74, 6) is -3.05. The summed E-state index contributed by atoms with van der Waals surface area (Å²) in [7, 11) is 0. The summed E-state index contributed by atoms with van der Waals surface area (Å²) in [6, 6.07) is 0. The predicted octanol–water partition coefficient (Wildman–Crippen LogP) is 2.21. The normalized spacial score (nSPS) is 27.1. The third kappa shape index (κ3) is 2.62. The van der Waals surface area contributed by atoms with E-state index in [2.05, 4.69) is 0 Å². The monoisotopic (exact) mass is 252 g/mol. The van der Waals surface area contributed by atoms with Gasteiger partial charge in [-0.3, -0.25) is 14.4 Å². The van der Waals surface area contributed by atoms with Gasteiger partial charge in [0.1, 0.15) is 11.7 Å². The van der Waals surface area contributed by atoms with Gasteiger partial charge in [0, 0.05) is 6.42 Å². The molecule has 2 fully saturated rings. The Morgan fingerprint density at radius 2 is 1.72 bits per heavy atom. The molecule has 18 heavy (non-hydrogen) atoms. The molecule has 4 nitrogen and oxygen atoms in total. The molecule has 4 heteroatoms. The van der Waals surface area contributed by atoms with Crippen molar-refractivity contribution in [3.63, 3.8) is 0 Å². The van der Waals surface area contributed by atoms with Gasteiger partial charge in [-0.2, -0.15) is 0 Å². The van der Waals surface area contributed by atoms with Gasteiger partial charge < -0.3 is 5.11 Å². The van der Waals surface area contributed by atoms with Crippen LogP contribution in [0.15, 0.2) is 0 Å². The van der Waals surface area contributed by atoms with E-state index in [9.17, 15) is 19.5 Å². The second-order valence-electron chi connectivity index (χ2n) is 5.53. The lowest BCUT2D eigenvalue weighted by Gasteiger charge is -2.27. The second kappa shape index (κ2) is 5.63. The Morgan fingerprint density at radius 3 is 2.22 bits per heavy atom. The topological polar surface area (TPSA) is 71.4 Å². The zero-order valence-corrected chi connectivity index (χ0v) is 10.6. The van der Waals surface area contributed by atoms with Crippen LogP contribution in [-0.4, -0.2) is 22.6 Å². The minimum Gasteiger partial charge on any atom is -0.481 e. The average molecular weight is 252 g/mol. The summed E-state index contributed by atoms with van der Waals surface area (Å²) in [6.07, 6.45) is 6.46. The second-order valence-corrected chi connectivity index (χ2v) is 5.53. The van der Waals surface area contributed by atoms with Gasteiger partial charge >= 0.3 is 5.97 Å². The van der Waals surface area contributed by atoms with Crippen LogP contribution < -0.4 is 0 Å². The number of carbonyl (C=O) groups excluding carboxylic acids is 2. The molecular formula is C14H20O4. The highest BCUT2D eigenvalue weighted by Gasteiger charge is 2.42. The van der Waals surface area contributed by atoms with E-state index in [0.717, 1.165) is 38.5 Å². The van der Waals surface area contributed by atoms with Crippen LogP contribution in [0.5, 0.6) is 0 Å². The van der Waals surface area contributed by atoms with Gasteiger partial charge in [0.25, 0.3) is 0 Å². The van der Waals surface area contributed by atoms with Crippen molar-refractivity contribution < 1.29 is 19.5 Å². The maximum Gasteiger partial charge on any atom is 0.314 e. The minimum absolute atomic E-state index is 0.0536. The zero-order valence-electron chi connectivity index (χ0n) is 10.6. The van der Waals surface area contributed by atoms with E-state index in [1.807, 2.05) is 0 Å². The largest absolute Gasteiger partial charge is 0.481 e. The summed E-state index contributed by atoms with van der Waals surface area (Å²) < 4.78 is 0. The Kier molecular flexibility index (Phi) is 4.15. The molecule has 2 aliphatic carbocycles. The number of Topliss-reactive ketones (excluding diaryl/α,β-unsaturated/α-hetero) is 2. The summed E-state index contributed by atoms with van der Waals surface area (Å²) >= 11 is 0. The first-order valence-electron chi connectivity index (χ1n) is 6.90. The molecule has 2 saturated carbocycles. The molecule has 0 bridgehead atoms. The van der Waals surface area contributed by atoms with Gasteiger partial charge in [0.15, 0.2) is 5.78 Å². The maximum atomic E-state index is 12.3. The lowest BCUT2D eigenvalue weighted by Crippen LogP contribution is -2.37. The Balaban J connectivity index is 2.11. The number of carbonyl (C=O) groups is 3. The van der Waals surface area contributed by atoms with Crippen LogP contribution >= 0.6 is 0 Å². The average Bonchev–Trinajstić information content (AvgIpc) is 2.76. The van der Waals surface area contributed by atoms with E-state index >= 15 is 0 Å². The van der Waals surface area contributed by atoms with E-state index in [-0.39, 0.29) is 17.5 Å². The standard InChI is InChI=1S/C14H20O4/c15-11-8-4-7-10(11)13(16)12(14(17)18)9-5-2-1-3-6-9/h9-10,12H,1-8H2,(H,17,18). The molecule has 100 valence electrons. The van der Waals surface area contributed by atoms with Crippen molar-refractivity contribution in [2.75, 3.05) is 0 Å². The van der Waals surface area contributed by atoms with E-state index in [4.69, 9.17) is 0 Å². The molecule has 0 aromatic heterocycles. The molecule has 2 aliphatic rings. The number of ketones is 2. The molecule has 0 aromatic carbocycles. The van der Waals surface area contributed by atoms with Gasteiger partial charge in [-0.25, -0.2) is 0 Å². The molecule has 0 aromatic rings. The molecule has 0 heterocycles. The molecule has 0 spiro atoms. The molecular weight excluding hydrogens is 232 g/mol. The highest BCUT2D eigenvalue weighted by molar-refractivity contribution is 6.10. The van der Waals surface area contributed by atoms with Crippen LogP contribution in [0.1, 0.15) is 51.4 Å². The van der Waals surface area contributed by atoms with Gasteiger partial charge in [-0.15, -0.1) is 0 Å². The van der Waals surface area contributed by atoms with Crippen LogP contribution in [0.2, 0.25) is 0 Å². The van der Waals surface area contributed by atoms with Crippen LogP contribution in [0.3, 0.4) is 0 Å². The molecule has 0 amide bonds. The van der Waals surface area contributed by atoms with E-state index in [1.165, 1.54) is 0 Å². The molecule has 0 radical (unpaired) electrons. The summed E-state index contributed by atoms with van der Waals surface area (Å²) in [4.78, 5) is 35.3. The van der Waals surface area contributed by atoms with Crippen molar-refractivity contribution in [3.8, 4) is 0 Å². The predicted molar refractivity (Wildman–Crippen MR) is 65.1 cm³/mol. The number of aliphatic carboxylic acids is 1. The first-order chi connectivity index (χ1) is 8.61. The van der Waals surface area contributed by atoms with E-state index in [0.29, 0.717) is 12.8 Å². The van der Waals surface area contributed by atoms with Crippen LogP contribution in [0, 0.1) is 17.8 Å². The number of carboxylic acids is 1. The summed E-state index contributed by atoms with van der Waals surface area (Å²) in [6.45, 7) is 0. The van der Waals surface area contributed by atoms with Crippen LogP contribution in [0.25, 0.3) is 0 Å². The number of hydrogen-bond acceptors (Lipinski definition) is 3. The van der Waals surface area contributed by atoms with Crippen molar-refractivity contribution in [2.45, 2.75) is 51.4 Å². The van der Waals surface area contributed by atoms with Gasteiger partial charge in [0.2, 0.25) is 0 Å². The number of carboxylic acid groups (broad SMARTS) is 1. The van der Waals surface area contributed by atoms with Gasteiger partial charge in [0.05, 0.1) is 5.92 Å². The van der Waals surface area contributed by atoms with Crippen molar-refractivity contribution in [2.24, 2.45) is 17.8 Å². The Morgan fingerprint density at radius 1 is 1.06 bits per heavy atom. The van der Waals surface area contributed by atoms with Gasteiger partial charge in [-0.05, 0) is 31.6 Å². The zero-order chi connectivity index (χ0) is 13.1. The molecule has 1 N–H and O–H groups in total.